The Hall–Kier alpha value is -11.2. The number of anilines is 2. The van der Waals surface area contributed by atoms with Crippen molar-refractivity contribution in [3.63, 3.8) is 0 Å². The molecule has 2 aromatic heterocycles. The molecule has 2 heterocycles. The maximum Gasteiger partial charge on any atom is 0.505 e. The van der Waals surface area contributed by atoms with E-state index in [0.29, 0.717) is 16.5 Å². The number of aliphatic imine (C=N–C) groups is 1. The van der Waals surface area contributed by atoms with Crippen molar-refractivity contribution in [1.82, 2.24) is 67.8 Å². The van der Waals surface area contributed by atoms with Crippen LogP contribution in [-0.4, -0.2) is 395 Å². The van der Waals surface area contributed by atoms with Gasteiger partial charge in [-0.3, -0.25) is 67.5 Å². The summed E-state index contributed by atoms with van der Waals surface area (Å²) in [5.74, 6) is -23.9. The van der Waals surface area contributed by atoms with Gasteiger partial charge in [0.25, 0.3) is 11.5 Å². The molecule has 682 valence electrons. The molecular weight excluding hydrogens is 1690 g/mol. The number of carboxylic acids is 4. The Balaban J connectivity index is 2.09. The summed E-state index contributed by atoms with van der Waals surface area (Å²) in [5, 5.41) is 238. The van der Waals surface area contributed by atoms with Crippen LogP contribution in [0.3, 0.4) is 0 Å². The molecule has 0 bridgehead atoms. The van der Waals surface area contributed by atoms with E-state index < -0.39 is 319 Å². The number of guanidine groups is 1. The van der Waals surface area contributed by atoms with Crippen LogP contribution < -0.4 is 75.9 Å². The predicted octanol–water partition coefficient (Wildman–Crippen LogP) is -16.0. The van der Waals surface area contributed by atoms with Crippen molar-refractivity contribution in [2.45, 2.75) is 186 Å². The number of nitrogen functional groups attached to an aromatic ring is 1. The second kappa shape index (κ2) is 52.2. The number of aromatic amines is 1. The van der Waals surface area contributed by atoms with Crippen LogP contribution in [-0.2, 0) is 68.8 Å². The van der Waals surface area contributed by atoms with Crippen LogP contribution in [0.1, 0.15) is 67.4 Å². The summed E-state index contributed by atoms with van der Waals surface area (Å²) in [6, 6.07) is -17.2. The van der Waals surface area contributed by atoms with E-state index in [1.165, 1.54) is 30.5 Å². The zero-order valence-electron chi connectivity index (χ0n) is 63.8. The van der Waals surface area contributed by atoms with Crippen LogP contribution in [0.5, 0.6) is 0 Å². The summed E-state index contributed by atoms with van der Waals surface area (Å²) < 4.78 is 4.33. The number of carboxylic acid groups (broad SMARTS) is 5. The number of fused-ring (bicyclic) bond motifs is 1. The first-order valence-corrected chi connectivity index (χ1v) is 38.5. The SMILES string of the molecule is NC(N)=NCCC[C@H](NC(=O)[C@@H](NC(=O)[C@H](CCC(=O)O)NC(=O)[C@@H](NC(=O)CC[C@H](NC(=O)c1ccc(NCc2cnc3nc(N)[nH]c(=O)c3n2)cc1)C(=O)O)[C@@H](O)[C@H](O)[C@H](O)CO)[C@@H](O)[C@H](O)[C@H](O)CO)C(=O)N[C@H](C(=O)N[C@@H](CCC(=O)O)C(=O)N[C@H](C(=O)N[C@@H](CSSCCOC(=O)O)C(=O)O)[C@@H](O)[C@H](O)[C@H](O)CO)[C@@H](O)[C@H](O)[C@H](O)CO. The van der Waals surface area contributed by atoms with Gasteiger partial charge in [0.15, 0.2) is 17.1 Å². The van der Waals surface area contributed by atoms with E-state index in [2.05, 4.69) is 40.3 Å². The number of ether oxygens (including phenoxy) is 1. The molecule has 122 heavy (non-hydrogen) atoms. The summed E-state index contributed by atoms with van der Waals surface area (Å²) in [5.41, 5.74) is 16.1. The van der Waals surface area contributed by atoms with E-state index in [0.717, 1.165) is 10.8 Å². The number of nitrogens with zero attached hydrogens (tertiary/aromatic N) is 4. The highest BCUT2D eigenvalue weighted by Gasteiger charge is 2.46. The molecule has 0 saturated carbocycles. The summed E-state index contributed by atoms with van der Waals surface area (Å²) in [7, 11) is 1.53. The lowest BCUT2D eigenvalue weighted by atomic mass is 9.97. The van der Waals surface area contributed by atoms with Crippen molar-refractivity contribution in [2.24, 2.45) is 16.5 Å². The largest absolute Gasteiger partial charge is 0.505 e. The number of aliphatic carboxylic acids is 4. The lowest BCUT2D eigenvalue weighted by Crippen LogP contribution is -2.66. The number of aliphatic hydroxyl groups excluding tert-OH is 16. The van der Waals surface area contributed by atoms with Gasteiger partial charge >= 0.3 is 30.0 Å². The van der Waals surface area contributed by atoms with Gasteiger partial charge in [0, 0.05) is 48.6 Å². The minimum atomic E-state index is -2.97. The Bertz CT molecular complexity index is 4130. The maximum atomic E-state index is 14.7. The Morgan fingerprint density at radius 3 is 1.27 bits per heavy atom. The molecule has 38 N–H and O–H groups in total. The van der Waals surface area contributed by atoms with Crippen molar-refractivity contribution in [1.29, 1.82) is 0 Å². The van der Waals surface area contributed by atoms with Crippen LogP contribution >= 0.6 is 21.6 Å². The van der Waals surface area contributed by atoms with Crippen molar-refractivity contribution in [2.75, 3.05) is 62.1 Å². The zero-order valence-corrected chi connectivity index (χ0v) is 65.4. The van der Waals surface area contributed by atoms with Crippen molar-refractivity contribution >= 4 is 134 Å². The van der Waals surface area contributed by atoms with E-state index in [9.17, 15) is 174 Å². The van der Waals surface area contributed by atoms with Gasteiger partial charge < -0.3 is 182 Å². The second-order valence-corrected chi connectivity index (χ2v) is 29.0. The van der Waals surface area contributed by atoms with Crippen LogP contribution in [0.15, 0.2) is 40.2 Å². The van der Waals surface area contributed by atoms with E-state index in [1.807, 2.05) is 31.9 Å². The third-order valence-corrected chi connectivity index (χ3v) is 19.6. The molecule has 0 aliphatic heterocycles. The molecule has 3 rings (SSSR count). The van der Waals surface area contributed by atoms with Crippen LogP contribution in [0.2, 0.25) is 0 Å². The van der Waals surface area contributed by atoms with Gasteiger partial charge in [-0.25, -0.2) is 24.4 Å². The number of nitrogens with two attached hydrogens (primary N) is 3. The summed E-state index contributed by atoms with van der Waals surface area (Å²) >= 11 is 0. The number of hydrogen-bond donors (Lipinski definition) is 35. The molecule has 1 aromatic carbocycles. The molecule has 0 fully saturated rings. The molecule has 0 unspecified atom stereocenters. The van der Waals surface area contributed by atoms with Crippen LogP contribution in [0.25, 0.3) is 11.2 Å². The molecular formula is C65H98N18O37S2. The first kappa shape index (κ1) is 105. The molecule has 9 amide bonds. The van der Waals surface area contributed by atoms with Crippen LogP contribution in [0.4, 0.5) is 16.4 Å². The minimum Gasteiger partial charge on any atom is -0.481 e. The Kier molecular flexibility index (Phi) is 44.9. The highest BCUT2D eigenvalue weighted by atomic mass is 33.1. The molecule has 0 aliphatic carbocycles. The topological polar surface area (TPSA) is 955 Å². The number of rotatable bonds is 57. The lowest BCUT2D eigenvalue weighted by molar-refractivity contribution is -0.146. The molecule has 0 spiro atoms. The molecule has 0 saturated heterocycles. The fourth-order valence-electron chi connectivity index (χ4n) is 10.5. The van der Waals surface area contributed by atoms with Gasteiger partial charge in [-0.2, -0.15) is 4.98 Å². The first-order chi connectivity index (χ1) is 57.3. The fraction of sp³-hybridized carbons (Fsp3) is 0.585. The van der Waals surface area contributed by atoms with Gasteiger partial charge in [0.2, 0.25) is 53.2 Å². The Morgan fingerprint density at radius 1 is 0.475 bits per heavy atom. The number of aliphatic hydroxyl groups is 16. The first-order valence-electron chi connectivity index (χ1n) is 36.1. The van der Waals surface area contributed by atoms with Crippen molar-refractivity contribution in [3.8, 4) is 0 Å². The second-order valence-electron chi connectivity index (χ2n) is 26.4. The summed E-state index contributed by atoms with van der Waals surface area (Å²) in [6.45, 7) is -6.56. The molecule has 3 aromatic rings. The molecule has 21 atom stereocenters. The third-order valence-electron chi connectivity index (χ3n) is 17.3. The number of aromatic nitrogens is 4. The minimum absolute atomic E-state index is 0.0146. The number of hydrogen-bond acceptors (Lipinski definition) is 40. The highest BCUT2D eigenvalue weighted by Crippen LogP contribution is 2.23. The van der Waals surface area contributed by atoms with E-state index in [4.69, 9.17) is 22.3 Å². The molecule has 55 nitrogen and oxygen atoms in total. The number of benzene rings is 1. The van der Waals surface area contributed by atoms with Gasteiger partial charge in [-0.15, -0.1) is 0 Å². The standard InChI is InChI=1S/C65H98N18O37S2/c66-63(67)69-13-1-2-26(53(106)79-40(49(103)45(99)33(90)20-86)58(111)75-28(9-12-37(95)96)55(108)81-41(50(104)46(100)34(91)21-87)59(112)77-30(62(116)117)22-122-121-15-14-120-65(118)119)73-57(110)39(48(102)44(98)32(89)19-85)80-54(107)27(8-11-36(93)94)74-56(109)38(47(101)43(97)31(88)18-84)78-35(92)10-7-29(61(114)115)76-52(105)23-3-5-24(6-4-23)70-16-25-17-71-51-42(72-25)60(113)83-64(68)82-51/h3-6,17,26-34,38-41,43-50,70,84-91,97-104H,1-2,7-16,18-22H2,(H,73,110)(H,74,109)(H,75,111)(H,76,105)(H,77,112)(H,78,92)(H,79,106)(H,80,107)(H,81,108)(H,93,94)(H,95,96)(H,114,115)(H,116,117)(H,118,119)(H4,66,67,69)(H3,68,71,82,83,113)/t26-,27-,28-,29-,30-,31+,32+,33+,34+,38-,39-,40-,41-,43+,44+,45+,46+,47+,48+,49+,50+/m0/s1. The number of nitrogens with one attached hydrogen (secondary N) is 11. The maximum absolute atomic E-state index is 14.7. The third kappa shape index (κ3) is 34.3. The monoisotopic (exact) mass is 1790 g/mol. The van der Waals surface area contributed by atoms with E-state index in [-0.39, 0.29) is 40.7 Å². The van der Waals surface area contributed by atoms with Crippen molar-refractivity contribution < 1.29 is 179 Å². The van der Waals surface area contributed by atoms with Gasteiger partial charge in [-0.05, 0) is 56.4 Å². The lowest BCUT2D eigenvalue weighted by Gasteiger charge is -2.33. The number of amides is 9. The highest BCUT2D eigenvalue weighted by molar-refractivity contribution is 8.76. The summed E-state index contributed by atoms with van der Waals surface area (Å²) in [6.07, 6.45) is -40.2. The van der Waals surface area contributed by atoms with E-state index in [1.54, 1.807) is 10.6 Å². The number of H-pyrrole nitrogens is 1. The molecule has 0 radical (unpaired) electrons. The van der Waals surface area contributed by atoms with Crippen LogP contribution in [0, 0.1) is 0 Å². The Labute approximate surface area is 694 Å². The van der Waals surface area contributed by atoms with E-state index >= 15 is 0 Å². The number of carbonyl (C=O) groups excluding carboxylic acids is 9. The quantitative estimate of drug-likeness (QED) is 0.00820. The normalized spacial score (nSPS) is 16.6. The molecule has 0 aliphatic rings. The van der Waals surface area contributed by atoms with Crippen molar-refractivity contribution in [3.05, 3.63) is 52.1 Å². The van der Waals surface area contributed by atoms with Gasteiger partial charge in [-0.1, -0.05) is 21.6 Å². The summed E-state index contributed by atoms with van der Waals surface area (Å²) in [4.78, 5) is 218. The number of carbonyl (C=O) groups is 14. The average molecular weight is 1790 g/mol. The molecule has 57 heteroatoms. The van der Waals surface area contributed by atoms with Gasteiger partial charge in [0.05, 0.1) is 44.9 Å². The Morgan fingerprint density at radius 2 is 0.877 bits per heavy atom. The average Bonchev–Trinajstić information content (AvgIpc) is 0.702. The smallest absolute Gasteiger partial charge is 0.481 e. The predicted molar refractivity (Wildman–Crippen MR) is 410 cm³/mol. The fourth-order valence-corrected chi connectivity index (χ4v) is 12.5. The zero-order chi connectivity index (χ0) is 92.1. The van der Waals surface area contributed by atoms with Gasteiger partial charge in [0.1, 0.15) is 134 Å².